The van der Waals surface area contributed by atoms with E-state index < -0.39 is 24.0 Å². The van der Waals surface area contributed by atoms with Gasteiger partial charge in [0.2, 0.25) is 0 Å². The zero-order chi connectivity index (χ0) is 17.5. The minimum atomic E-state index is -1.36. The molecule has 0 aliphatic rings. The van der Waals surface area contributed by atoms with Gasteiger partial charge >= 0.3 is 5.97 Å². The number of aliphatic hydroxyl groups excluding tert-OH is 1. The van der Waals surface area contributed by atoms with Gasteiger partial charge in [-0.05, 0) is 23.3 Å². The number of nitrogens with one attached hydrogen (secondary N) is 1. The fourth-order valence-corrected chi connectivity index (χ4v) is 2.49. The minimum absolute atomic E-state index is 0.209. The van der Waals surface area contributed by atoms with Crippen molar-refractivity contribution in [3.63, 3.8) is 0 Å². The van der Waals surface area contributed by atoms with Crippen molar-refractivity contribution in [1.29, 1.82) is 0 Å². The molecule has 2 aromatic rings. The van der Waals surface area contributed by atoms with Crippen molar-refractivity contribution in [1.82, 2.24) is 5.32 Å². The molecule has 2 rings (SSSR count). The van der Waals surface area contributed by atoms with E-state index in [1.165, 1.54) is 7.11 Å². The van der Waals surface area contributed by atoms with E-state index in [-0.39, 0.29) is 6.42 Å². The van der Waals surface area contributed by atoms with Crippen LogP contribution in [0.1, 0.15) is 17.2 Å². The van der Waals surface area contributed by atoms with Gasteiger partial charge in [0, 0.05) is 11.4 Å². The van der Waals surface area contributed by atoms with Crippen LogP contribution in [-0.2, 0) is 20.7 Å². The van der Waals surface area contributed by atoms with Crippen molar-refractivity contribution in [2.75, 3.05) is 7.11 Å². The Hall–Kier alpha value is -2.37. The molecule has 0 radical (unpaired) electrons. The highest BCUT2D eigenvalue weighted by Gasteiger charge is 2.26. The summed E-state index contributed by atoms with van der Waals surface area (Å²) in [6.07, 6.45) is -1.15. The lowest BCUT2D eigenvalue weighted by atomic mass is 10.0. The first kappa shape index (κ1) is 18.0. The van der Waals surface area contributed by atoms with Crippen molar-refractivity contribution in [3.05, 3.63) is 70.7 Å². The maximum absolute atomic E-state index is 12.2. The van der Waals surface area contributed by atoms with Crippen molar-refractivity contribution >= 4 is 23.5 Å². The third-order valence-corrected chi connectivity index (χ3v) is 3.73. The van der Waals surface area contributed by atoms with Gasteiger partial charge in [-0.25, -0.2) is 4.79 Å². The Morgan fingerprint density at radius 2 is 1.88 bits per heavy atom. The smallest absolute Gasteiger partial charge is 0.328 e. The summed E-state index contributed by atoms with van der Waals surface area (Å²) in [5.74, 6) is -1.26. The third-order valence-electron chi connectivity index (χ3n) is 3.49. The lowest BCUT2D eigenvalue weighted by Gasteiger charge is -2.19. The monoisotopic (exact) mass is 347 g/mol. The second kappa shape index (κ2) is 8.47. The number of carbonyl (C=O) groups excluding carboxylic acids is 2. The summed E-state index contributed by atoms with van der Waals surface area (Å²) in [5.41, 5.74) is 1.22. The molecule has 0 heterocycles. The second-order valence-electron chi connectivity index (χ2n) is 5.23. The number of halogens is 1. The van der Waals surface area contributed by atoms with Crippen LogP contribution in [0.5, 0.6) is 0 Å². The molecule has 0 spiro atoms. The third kappa shape index (κ3) is 4.81. The van der Waals surface area contributed by atoms with Crippen molar-refractivity contribution in [2.24, 2.45) is 0 Å². The van der Waals surface area contributed by atoms with Gasteiger partial charge in [0.1, 0.15) is 6.04 Å². The van der Waals surface area contributed by atoms with Gasteiger partial charge in [-0.15, -0.1) is 0 Å². The number of rotatable bonds is 6. The Morgan fingerprint density at radius 3 is 2.50 bits per heavy atom. The summed E-state index contributed by atoms with van der Waals surface area (Å²) >= 11 is 5.93. The number of hydrogen-bond acceptors (Lipinski definition) is 4. The number of methoxy groups -OCH3 is 1. The summed E-state index contributed by atoms with van der Waals surface area (Å²) in [6.45, 7) is 0. The first-order valence-electron chi connectivity index (χ1n) is 7.37. The Kier molecular flexibility index (Phi) is 6.35. The van der Waals surface area contributed by atoms with Crippen LogP contribution < -0.4 is 5.32 Å². The molecule has 0 aliphatic heterocycles. The zero-order valence-electron chi connectivity index (χ0n) is 13.1. The normalized spacial score (nSPS) is 13.0. The van der Waals surface area contributed by atoms with Gasteiger partial charge in [-0.3, -0.25) is 4.79 Å². The number of benzene rings is 2. The standard InChI is InChI=1S/C18H18ClNO4/c1-24-18(23)15(11-12-6-5-9-14(19)10-12)20-17(22)16(21)13-7-3-2-4-8-13/h2-10,15-16,21H,11H2,1H3,(H,20,22)/t15-,16-/m0/s1. The molecule has 2 N–H and O–H groups in total. The molecular weight excluding hydrogens is 330 g/mol. The van der Waals surface area contributed by atoms with E-state index in [4.69, 9.17) is 16.3 Å². The maximum Gasteiger partial charge on any atom is 0.328 e. The largest absolute Gasteiger partial charge is 0.467 e. The molecule has 5 nitrogen and oxygen atoms in total. The zero-order valence-corrected chi connectivity index (χ0v) is 13.9. The SMILES string of the molecule is COC(=O)[C@H](Cc1cccc(Cl)c1)NC(=O)[C@@H](O)c1ccccc1. The Morgan fingerprint density at radius 1 is 1.17 bits per heavy atom. The number of esters is 1. The van der Waals surface area contributed by atoms with Crippen molar-refractivity contribution in [3.8, 4) is 0 Å². The molecule has 1 amide bonds. The lowest BCUT2D eigenvalue weighted by molar-refractivity contribution is -0.146. The predicted molar refractivity (Wildman–Crippen MR) is 90.5 cm³/mol. The summed E-state index contributed by atoms with van der Waals surface area (Å²) in [6, 6.07) is 14.5. The Labute approximate surface area is 145 Å². The molecule has 6 heteroatoms. The molecule has 0 unspecified atom stereocenters. The Balaban J connectivity index is 2.11. The highest BCUT2D eigenvalue weighted by Crippen LogP contribution is 2.15. The van der Waals surface area contributed by atoms with Crippen molar-refractivity contribution in [2.45, 2.75) is 18.6 Å². The molecule has 0 fully saturated rings. The average Bonchev–Trinajstić information content (AvgIpc) is 2.60. The number of ether oxygens (including phenoxy) is 1. The summed E-state index contributed by atoms with van der Waals surface area (Å²) in [7, 11) is 1.24. The van der Waals surface area contributed by atoms with Crippen LogP contribution in [0.4, 0.5) is 0 Å². The highest BCUT2D eigenvalue weighted by molar-refractivity contribution is 6.30. The van der Waals surface area contributed by atoms with E-state index in [2.05, 4.69) is 5.32 Å². The van der Waals surface area contributed by atoms with E-state index >= 15 is 0 Å². The summed E-state index contributed by atoms with van der Waals surface area (Å²) in [4.78, 5) is 24.2. The van der Waals surface area contributed by atoms with Crippen LogP contribution in [0.2, 0.25) is 5.02 Å². The van der Waals surface area contributed by atoms with Gasteiger partial charge in [0.15, 0.2) is 6.10 Å². The molecule has 24 heavy (non-hydrogen) atoms. The highest BCUT2D eigenvalue weighted by atomic mass is 35.5. The van der Waals surface area contributed by atoms with Crippen LogP contribution in [0.25, 0.3) is 0 Å². The van der Waals surface area contributed by atoms with E-state index in [1.807, 2.05) is 0 Å². The summed E-state index contributed by atoms with van der Waals surface area (Å²) < 4.78 is 4.73. The molecule has 0 saturated carbocycles. The van der Waals surface area contributed by atoms with Crippen LogP contribution in [0.15, 0.2) is 54.6 Å². The average molecular weight is 348 g/mol. The molecule has 0 bridgehead atoms. The molecule has 0 saturated heterocycles. The van der Waals surface area contributed by atoms with Gasteiger partial charge in [0.25, 0.3) is 5.91 Å². The molecule has 2 atom stereocenters. The number of amides is 1. The maximum atomic E-state index is 12.2. The van der Waals surface area contributed by atoms with Crippen LogP contribution in [0.3, 0.4) is 0 Å². The first-order chi connectivity index (χ1) is 11.5. The van der Waals surface area contributed by atoms with Gasteiger partial charge < -0.3 is 15.2 Å². The van der Waals surface area contributed by atoms with Crippen LogP contribution in [0, 0.1) is 0 Å². The lowest BCUT2D eigenvalue weighted by Crippen LogP contribution is -2.45. The number of hydrogen-bond donors (Lipinski definition) is 2. The molecule has 2 aromatic carbocycles. The number of carbonyl (C=O) groups is 2. The van der Waals surface area contributed by atoms with E-state index in [9.17, 15) is 14.7 Å². The van der Waals surface area contributed by atoms with Crippen LogP contribution in [-0.4, -0.2) is 30.1 Å². The molecule has 0 aromatic heterocycles. The van der Waals surface area contributed by atoms with E-state index in [0.29, 0.717) is 10.6 Å². The van der Waals surface area contributed by atoms with E-state index in [1.54, 1.807) is 54.6 Å². The molecule has 126 valence electrons. The quantitative estimate of drug-likeness (QED) is 0.786. The van der Waals surface area contributed by atoms with Gasteiger partial charge in [-0.2, -0.15) is 0 Å². The minimum Gasteiger partial charge on any atom is -0.467 e. The predicted octanol–water partition coefficient (Wildman–Crippen LogP) is 2.27. The summed E-state index contributed by atoms with van der Waals surface area (Å²) in [5, 5.41) is 13.2. The van der Waals surface area contributed by atoms with Gasteiger partial charge in [0.05, 0.1) is 7.11 Å². The Bertz CT molecular complexity index is 705. The molecule has 0 aliphatic carbocycles. The van der Waals surface area contributed by atoms with Gasteiger partial charge in [-0.1, -0.05) is 54.1 Å². The van der Waals surface area contributed by atoms with Crippen molar-refractivity contribution < 1.29 is 19.4 Å². The first-order valence-corrected chi connectivity index (χ1v) is 7.74. The fraction of sp³-hybridized carbons (Fsp3) is 0.222. The van der Waals surface area contributed by atoms with Crippen LogP contribution >= 0.6 is 11.6 Å². The number of aliphatic hydroxyl groups is 1. The topological polar surface area (TPSA) is 75.6 Å². The fourth-order valence-electron chi connectivity index (χ4n) is 2.27. The molecular formula is C18H18ClNO4. The second-order valence-corrected chi connectivity index (χ2v) is 5.67. The van der Waals surface area contributed by atoms with E-state index in [0.717, 1.165) is 5.56 Å².